The Kier molecular flexibility index (Phi) is 3.73. The average molecular weight is 187 g/mol. The van der Waals surface area contributed by atoms with E-state index < -0.39 is 0 Å². The van der Waals surface area contributed by atoms with Gasteiger partial charge in [0.25, 0.3) is 0 Å². The van der Waals surface area contributed by atoms with Gasteiger partial charge in [-0.1, -0.05) is 24.8 Å². The first-order chi connectivity index (χ1) is 6.61. The topological polar surface area (TPSA) is 26.0 Å². The molecule has 0 fully saturated rings. The Morgan fingerprint density at radius 2 is 1.79 bits per heavy atom. The van der Waals surface area contributed by atoms with Crippen LogP contribution in [0.25, 0.3) is 0 Å². The van der Waals surface area contributed by atoms with Crippen molar-refractivity contribution in [2.24, 2.45) is 5.73 Å². The van der Waals surface area contributed by atoms with Gasteiger partial charge in [-0.2, -0.15) is 0 Å². The van der Waals surface area contributed by atoms with Crippen LogP contribution in [0.1, 0.15) is 30.0 Å². The smallest absolute Gasteiger partial charge is 0.0665 e. The van der Waals surface area contributed by atoms with E-state index in [0.717, 1.165) is 12.0 Å². The van der Waals surface area contributed by atoms with Crippen LogP contribution in [0.2, 0.25) is 0 Å². The highest BCUT2D eigenvalue weighted by atomic mass is 14.6. The van der Waals surface area contributed by atoms with E-state index in [4.69, 9.17) is 5.73 Å². The lowest BCUT2D eigenvalue weighted by molar-refractivity contribution is 0.806. The summed E-state index contributed by atoms with van der Waals surface area (Å²) in [5.41, 5.74) is 9.28. The van der Waals surface area contributed by atoms with Gasteiger partial charge in [-0.3, -0.25) is 0 Å². The van der Waals surface area contributed by atoms with Gasteiger partial charge < -0.3 is 5.73 Å². The highest BCUT2D eigenvalue weighted by Crippen LogP contribution is 2.07. The van der Waals surface area contributed by atoms with Gasteiger partial charge in [0, 0.05) is 5.56 Å². The molecule has 1 aromatic carbocycles. The first kappa shape index (κ1) is 10.8. The molecule has 1 heteroatoms. The van der Waals surface area contributed by atoms with Crippen LogP contribution in [0.3, 0.4) is 0 Å². The van der Waals surface area contributed by atoms with Gasteiger partial charge in [-0.25, -0.2) is 0 Å². The van der Waals surface area contributed by atoms with Gasteiger partial charge in [-0.15, -0.1) is 0 Å². The molecule has 0 radical (unpaired) electrons. The van der Waals surface area contributed by atoms with Crippen molar-refractivity contribution in [1.29, 1.82) is 0 Å². The van der Waals surface area contributed by atoms with Crippen molar-refractivity contribution < 1.29 is 0 Å². The Morgan fingerprint density at radius 3 is 2.29 bits per heavy atom. The molecule has 0 amide bonds. The van der Waals surface area contributed by atoms with Crippen LogP contribution in [0.4, 0.5) is 0 Å². The Balaban J connectivity index is 2.89. The van der Waals surface area contributed by atoms with Crippen molar-refractivity contribution in [2.75, 3.05) is 0 Å². The average Bonchev–Trinajstić information content (AvgIpc) is 2.12. The van der Waals surface area contributed by atoms with Gasteiger partial charge in [0.15, 0.2) is 0 Å². The summed E-state index contributed by atoms with van der Waals surface area (Å²) in [4.78, 5) is 0. The van der Waals surface area contributed by atoms with Crippen molar-refractivity contribution in [2.45, 2.75) is 33.2 Å². The Bertz CT molecular complexity index is 348. The number of rotatable bonds is 1. The molecule has 1 rings (SSSR count). The van der Waals surface area contributed by atoms with Gasteiger partial charge in [-0.05, 0) is 43.5 Å². The largest absolute Gasteiger partial charge is 0.318 e. The molecule has 0 aromatic heterocycles. The van der Waals surface area contributed by atoms with E-state index >= 15 is 0 Å². The first-order valence-corrected chi connectivity index (χ1v) is 4.97. The molecule has 0 aliphatic heterocycles. The molecule has 1 nitrogen and oxygen atoms in total. The predicted octanol–water partition coefficient (Wildman–Crippen LogP) is 2.39. The summed E-state index contributed by atoms with van der Waals surface area (Å²) in [6.07, 6.45) is 0.901. The van der Waals surface area contributed by atoms with Gasteiger partial charge in [0.1, 0.15) is 0 Å². The second-order valence-electron chi connectivity index (χ2n) is 3.66. The van der Waals surface area contributed by atoms with Crippen molar-refractivity contribution in [1.82, 2.24) is 0 Å². The lowest BCUT2D eigenvalue weighted by Gasteiger charge is -1.99. The molecular weight excluding hydrogens is 170 g/mol. The maximum absolute atomic E-state index is 5.72. The van der Waals surface area contributed by atoms with Crippen molar-refractivity contribution in [3.05, 3.63) is 34.9 Å². The SMILES string of the molecule is CCC(N)C#Cc1cc(C)cc(C)c1. The fourth-order valence-electron chi connectivity index (χ4n) is 1.32. The molecule has 0 heterocycles. The molecule has 1 unspecified atom stereocenters. The van der Waals surface area contributed by atoms with E-state index in [1.54, 1.807) is 0 Å². The molecule has 0 saturated carbocycles. The summed E-state index contributed by atoms with van der Waals surface area (Å²) in [5, 5.41) is 0. The molecule has 74 valence electrons. The molecule has 0 saturated heterocycles. The van der Waals surface area contributed by atoms with E-state index in [0.29, 0.717) is 0 Å². The molecule has 0 aliphatic rings. The molecule has 2 N–H and O–H groups in total. The zero-order valence-corrected chi connectivity index (χ0v) is 9.09. The first-order valence-electron chi connectivity index (χ1n) is 4.97. The lowest BCUT2D eigenvalue weighted by Crippen LogP contribution is -2.15. The molecule has 1 atom stereocenters. The van der Waals surface area contributed by atoms with Crippen LogP contribution < -0.4 is 5.73 Å². The van der Waals surface area contributed by atoms with Gasteiger partial charge in [0.2, 0.25) is 0 Å². The van der Waals surface area contributed by atoms with Crippen molar-refractivity contribution in [3.63, 3.8) is 0 Å². The van der Waals surface area contributed by atoms with E-state index in [9.17, 15) is 0 Å². The minimum absolute atomic E-state index is 0.00387. The molecule has 1 aromatic rings. The fourth-order valence-corrected chi connectivity index (χ4v) is 1.32. The van der Waals surface area contributed by atoms with E-state index in [1.165, 1.54) is 11.1 Å². The second-order valence-corrected chi connectivity index (χ2v) is 3.66. The van der Waals surface area contributed by atoms with Crippen LogP contribution in [-0.2, 0) is 0 Å². The third-order valence-electron chi connectivity index (χ3n) is 2.06. The summed E-state index contributed by atoms with van der Waals surface area (Å²) in [7, 11) is 0. The third-order valence-corrected chi connectivity index (χ3v) is 2.06. The summed E-state index contributed by atoms with van der Waals surface area (Å²) < 4.78 is 0. The highest BCUT2D eigenvalue weighted by Gasteiger charge is 1.93. The maximum atomic E-state index is 5.72. The Hall–Kier alpha value is -1.26. The minimum Gasteiger partial charge on any atom is -0.318 e. The quantitative estimate of drug-likeness (QED) is 0.671. The minimum atomic E-state index is -0.00387. The number of nitrogens with two attached hydrogens (primary N) is 1. The van der Waals surface area contributed by atoms with Crippen LogP contribution in [0.5, 0.6) is 0 Å². The van der Waals surface area contributed by atoms with Crippen molar-refractivity contribution in [3.8, 4) is 11.8 Å². The molecular formula is C13H17N. The highest BCUT2D eigenvalue weighted by molar-refractivity contribution is 5.40. The number of aryl methyl sites for hydroxylation is 2. The normalized spacial score (nSPS) is 11.7. The summed E-state index contributed by atoms with van der Waals surface area (Å²) in [6, 6.07) is 6.31. The molecule has 0 spiro atoms. The zero-order valence-electron chi connectivity index (χ0n) is 9.09. The van der Waals surface area contributed by atoms with Crippen LogP contribution in [0.15, 0.2) is 18.2 Å². The van der Waals surface area contributed by atoms with Gasteiger partial charge >= 0.3 is 0 Å². The van der Waals surface area contributed by atoms with Crippen molar-refractivity contribution >= 4 is 0 Å². The van der Waals surface area contributed by atoms with Crippen LogP contribution >= 0.6 is 0 Å². The lowest BCUT2D eigenvalue weighted by atomic mass is 10.1. The predicted molar refractivity (Wildman–Crippen MR) is 61.1 cm³/mol. The summed E-state index contributed by atoms with van der Waals surface area (Å²) >= 11 is 0. The third kappa shape index (κ3) is 3.24. The standard InChI is InChI=1S/C13H17N/c1-4-13(14)6-5-12-8-10(2)7-11(3)9-12/h7-9,13H,4,14H2,1-3H3. The maximum Gasteiger partial charge on any atom is 0.0665 e. The number of hydrogen-bond donors (Lipinski definition) is 1. The number of benzene rings is 1. The van der Waals surface area contributed by atoms with Crippen LogP contribution in [0, 0.1) is 25.7 Å². The fraction of sp³-hybridized carbons (Fsp3) is 0.385. The molecule has 14 heavy (non-hydrogen) atoms. The molecule has 0 bridgehead atoms. The van der Waals surface area contributed by atoms with Gasteiger partial charge in [0.05, 0.1) is 6.04 Å². The monoisotopic (exact) mass is 187 g/mol. The second kappa shape index (κ2) is 4.83. The summed E-state index contributed by atoms with van der Waals surface area (Å²) in [6.45, 7) is 6.21. The summed E-state index contributed by atoms with van der Waals surface area (Å²) in [5.74, 6) is 6.13. The van der Waals surface area contributed by atoms with E-state index in [-0.39, 0.29) is 6.04 Å². The Labute approximate surface area is 86.3 Å². The number of hydrogen-bond acceptors (Lipinski definition) is 1. The van der Waals surface area contributed by atoms with E-state index in [2.05, 4.69) is 43.9 Å². The zero-order chi connectivity index (χ0) is 10.6. The van der Waals surface area contributed by atoms with E-state index in [1.807, 2.05) is 6.92 Å². The van der Waals surface area contributed by atoms with Crippen LogP contribution in [-0.4, -0.2) is 6.04 Å². The molecule has 0 aliphatic carbocycles. The Morgan fingerprint density at radius 1 is 1.21 bits per heavy atom.